The van der Waals surface area contributed by atoms with Crippen LogP contribution in [0.5, 0.6) is 5.75 Å². The van der Waals surface area contributed by atoms with Crippen molar-refractivity contribution in [2.24, 2.45) is 0 Å². The second kappa shape index (κ2) is 19.1. The van der Waals surface area contributed by atoms with Crippen LogP contribution in [0.1, 0.15) is 75.2 Å². The van der Waals surface area contributed by atoms with Crippen molar-refractivity contribution in [1.29, 1.82) is 0 Å². The lowest BCUT2D eigenvalue weighted by Gasteiger charge is -2.39. The van der Waals surface area contributed by atoms with Gasteiger partial charge in [0.1, 0.15) is 23.9 Å². The third kappa shape index (κ3) is 11.3. The number of amides is 1. The van der Waals surface area contributed by atoms with Gasteiger partial charge in [-0.3, -0.25) is 14.4 Å². The van der Waals surface area contributed by atoms with Gasteiger partial charge in [0.25, 0.3) is 5.91 Å². The Morgan fingerprint density at radius 2 is 1.49 bits per heavy atom. The number of hydrogen-bond acceptors (Lipinski definition) is 7. The Kier molecular flexibility index (Phi) is 14.9. The van der Waals surface area contributed by atoms with Crippen molar-refractivity contribution in [2.75, 3.05) is 27.4 Å². The SMILES string of the molecule is COCCOc1ccc(CNC(=O)c2c(-c3ccccc3)c(-c3ccc(F)cc3)c(/C=C/C(=O)C[C@H](CC(=O)OC)O[Si](C)(C)C(C)(C)C)n2C(C)C)cc1. The minimum absolute atomic E-state index is 0.0402. The fraction of sp³-hybridized carbons (Fsp3) is 0.386. The quantitative estimate of drug-likeness (QED) is 0.0465. The number of carbonyl (C=O) groups excluding carboxylic acids is 3. The van der Waals surface area contributed by atoms with Gasteiger partial charge >= 0.3 is 5.97 Å². The van der Waals surface area contributed by atoms with Crippen LogP contribution in [-0.4, -0.2) is 64.1 Å². The zero-order valence-corrected chi connectivity index (χ0v) is 34.5. The second-order valence-corrected chi connectivity index (χ2v) is 20.0. The first-order valence-corrected chi connectivity index (χ1v) is 21.5. The lowest BCUT2D eigenvalue weighted by Crippen LogP contribution is -2.44. The van der Waals surface area contributed by atoms with Gasteiger partial charge in [0.15, 0.2) is 14.1 Å². The van der Waals surface area contributed by atoms with Crippen LogP contribution in [0, 0.1) is 5.82 Å². The molecule has 0 fully saturated rings. The molecular weight excluding hydrogens is 716 g/mol. The molecule has 0 radical (unpaired) electrons. The zero-order chi connectivity index (χ0) is 40.3. The first-order chi connectivity index (χ1) is 26.1. The molecule has 1 amide bonds. The summed E-state index contributed by atoms with van der Waals surface area (Å²) in [6.45, 7) is 15.6. The lowest BCUT2D eigenvalue weighted by atomic mass is 9.94. The predicted molar refractivity (Wildman–Crippen MR) is 218 cm³/mol. The third-order valence-electron chi connectivity index (χ3n) is 9.85. The molecule has 55 heavy (non-hydrogen) atoms. The summed E-state index contributed by atoms with van der Waals surface area (Å²) >= 11 is 0. The van der Waals surface area contributed by atoms with Gasteiger partial charge in [0.05, 0.1) is 31.9 Å². The molecule has 0 aliphatic carbocycles. The van der Waals surface area contributed by atoms with Crippen LogP contribution in [0.3, 0.4) is 0 Å². The number of benzene rings is 3. The molecule has 0 saturated carbocycles. The normalized spacial score (nSPS) is 12.6. The summed E-state index contributed by atoms with van der Waals surface area (Å²) in [6, 6.07) is 22.9. The van der Waals surface area contributed by atoms with Crippen molar-refractivity contribution in [3.63, 3.8) is 0 Å². The molecular formula is C44H55FN2O7Si. The van der Waals surface area contributed by atoms with Gasteiger partial charge in [-0.25, -0.2) is 4.39 Å². The highest BCUT2D eigenvalue weighted by Gasteiger charge is 2.40. The third-order valence-corrected chi connectivity index (χ3v) is 14.4. The number of nitrogens with one attached hydrogen (secondary N) is 1. The lowest BCUT2D eigenvalue weighted by molar-refractivity contribution is -0.142. The highest BCUT2D eigenvalue weighted by Crippen LogP contribution is 2.43. The van der Waals surface area contributed by atoms with Gasteiger partial charge < -0.3 is 28.5 Å². The summed E-state index contributed by atoms with van der Waals surface area (Å²) in [7, 11) is 0.582. The minimum atomic E-state index is -2.35. The average molecular weight is 771 g/mol. The highest BCUT2D eigenvalue weighted by molar-refractivity contribution is 6.74. The van der Waals surface area contributed by atoms with Gasteiger partial charge in [-0.2, -0.15) is 0 Å². The van der Waals surface area contributed by atoms with Crippen LogP contribution in [0.25, 0.3) is 28.3 Å². The monoisotopic (exact) mass is 770 g/mol. The average Bonchev–Trinajstić information content (AvgIpc) is 3.49. The Hall–Kier alpha value is -4.84. The van der Waals surface area contributed by atoms with Crippen molar-refractivity contribution in [1.82, 2.24) is 9.88 Å². The van der Waals surface area contributed by atoms with E-state index in [-0.39, 0.29) is 42.2 Å². The van der Waals surface area contributed by atoms with Gasteiger partial charge in [-0.15, -0.1) is 0 Å². The second-order valence-electron chi connectivity index (χ2n) is 15.3. The van der Waals surface area contributed by atoms with E-state index in [1.54, 1.807) is 25.3 Å². The Morgan fingerprint density at radius 3 is 2.07 bits per heavy atom. The van der Waals surface area contributed by atoms with Gasteiger partial charge in [-0.05, 0) is 85.1 Å². The zero-order valence-electron chi connectivity index (χ0n) is 33.5. The molecule has 3 aromatic carbocycles. The molecule has 0 aliphatic heterocycles. The van der Waals surface area contributed by atoms with Crippen molar-refractivity contribution in [3.8, 4) is 28.0 Å². The summed E-state index contributed by atoms with van der Waals surface area (Å²) in [4.78, 5) is 40.7. The van der Waals surface area contributed by atoms with Crippen molar-refractivity contribution < 1.29 is 37.4 Å². The summed E-state index contributed by atoms with van der Waals surface area (Å²) in [6.07, 6.45) is 2.42. The molecule has 0 saturated heterocycles. The van der Waals surface area contributed by atoms with E-state index in [1.807, 2.05) is 73.0 Å². The molecule has 9 nitrogen and oxygen atoms in total. The number of methoxy groups -OCH3 is 2. The molecule has 0 unspecified atom stereocenters. The van der Waals surface area contributed by atoms with E-state index >= 15 is 0 Å². The number of ketones is 1. The van der Waals surface area contributed by atoms with E-state index in [9.17, 15) is 18.8 Å². The molecule has 0 aliphatic rings. The Morgan fingerprint density at radius 1 is 0.855 bits per heavy atom. The van der Waals surface area contributed by atoms with E-state index in [1.165, 1.54) is 25.3 Å². The Bertz CT molecular complexity index is 1930. The molecule has 4 rings (SSSR count). The number of hydrogen-bond donors (Lipinski definition) is 1. The summed E-state index contributed by atoms with van der Waals surface area (Å²) in [5.41, 5.74) is 4.67. The van der Waals surface area contributed by atoms with E-state index in [4.69, 9.17) is 18.6 Å². The molecule has 1 N–H and O–H groups in total. The fourth-order valence-electron chi connectivity index (χ4n) is 6.02. The van der Waals surface area contributed by atoms with Gasteiger partial charge in [0, 0.05) is 37.2 Å². The topological polar surface area (TPSA) is 105 Å². The summed E-state index contributed by atoms with van der Waals surface area (Å²) < 4.78 is 38.5. The number of nitrogens with zero attached hydrogens (tertiary/aromatic N) is 1. The fourth-order valence-corrected chi connectivity index (χ4v) is 7.37. The maximum Gasteiger partial charge on any atom is 0.308 e. The Balaban J connectivity index is 1.81. The molecule has 0 bridgehead atoms. The van der Waals surface area contributed by atoms with Crippen molar-refractivity contribution in [2.45, 2.75) is 84.3 Å². The maximum atomic E-state index is 14.5. The van der Waals surface area contributed by atoms with Gasteiger partial charge in [-0.1, -0.05) is 75.4 Å². The van der Waals surface area contributed by atoms with E-state index in [0.717, 1.165) is 11.1 Å². The van der Waals surface area contributed by atoms with E-state index in [2.05, 4.69) is 39.2 Å². The minimum Gasteiger partial charge on any atom is -0.491 e. The molecule has 1 aromatic heterocycles. The van der Waals surface area contributed by atoms with Crippen LogP contribution in [0.2, 0.25) is 18.1 Å². The molecule has 0 spiro atoms. The van der Waals surface area contributed by atoms with Crippen LogP contribution < -0.4 is 10.1 Å². The van der Waals surface area contributed by atoms with Crippen LogP contribution >= 0.6 is 0 Å². The predicted octanol–water partition coefficient (Wildman–Crippen LogP) is 9.42. The molecule has 1 heterocycles. The molecule has 11 heteroatoms. The standard InChI is InChI=1S/C44H55FN2O7Si/c1-30(2)47-38(24-21-35(48)27-37(28-39(49)52-7)54-55(8,9)44(3,4)5)40(33-17-19-34(45)20-18-33)41(32-13-11-10-12-14-32)42(47)43(50)46-29-31-15-22-36(23-16-31)53-26-25-51-6/h10-24,30,37H,25-29H2,1-9H3,(H,46,50)/b24-21+/t37-/m1/s1. The number of allylic oxidation sites excluding steroid dienone is 1. The summed E-state index contributed by atoms with van der Waals surface area (Å²) in [5.74, 6) is -0.723. The van der Waals surface area contributed by atoms with E-state index in [0.29, 0.717) is 47.0 Å². The summed E-state index contributed by atoms with van der Waals surface area (Å²) in [5, 5.41) is 2.97. The first kappa shape index (κ1) is 42.9. The maximum absolute atomic E-state index is 14.5. The van der Waals surface area contributed by atoms with Crippen molar-refractivity contribution >= 4 is 32.1 Å². The Labute approximate surface area is 326 Å². The van der Waals surface area contributed by atoms with Crippen LogP contribution in [0.15, 0.2) is 84.9 Å². The first-order valence-electron chi connectivity index (χ1n) is 18.6. The van der Waals surface area contributed by atoms with Crippen molar-refractivity contribution in [3.05, 3.63) is 108 Å². The smallest absolute Gasteiger partial charge is 0.308 e. The molecule has 294 valence electrons. The largest absolute Gasteiger partial charge is 0.491 e. The van der Waals surface area contributed by atoms with E-state index < -0.39 is 26.2 Å². The number of rotatable bonds is 18. The number of carbonyl (C=O) groups is 3. The number of aromatic nitrogens is 1. The number of esters is 1. The number of ether oxygens (including phenoxy) is 3. The highest BCUT2D eigenvalue weighted by atomic mass is 28.4. The number of halogens is 1. The van der Waals surface area contributed by atoms with Crippen LogP contribution in [0.4, 0.5) is 4.39 Å². The molecule has 1 atom stereocenters. The van der Waals surface area contributed by atoms with Crippen LogP contribution in [-0.2, 0) is 30.0 Å². The van der Waals surface area contributed by atoms with Gasteiger partial charge in [0.2, 0.25) is 0 Å². The molecule has 4 aromatic rings.